The fourth-order valence-electron chi connectivity index (χ4n) is 8.45. The maximum Gasteiger partial charge on any atom is 0.114 e. The molecule has 7 aromatic carbocycles. The lowest BCUT2D eigenvalue weighted by Crippen LogP contribution is -2.04. The van der Waals surface area contributed by atoms with Gasteiger partial charge in [-0.2, -0.15) is 0 Å². The van der Waals surface area contributed by atoms with Crippen molar-refractivity contribution in [1.82, 2.24) is 28.7 Å². The van der Waals surface area contributed by atoms with E-state index in [0.29, 0.717) is 0 Å². The van der Waals surface area contributed by atoms with Crippen molar-refractivity contribution < 1.29 is 0 Å². The van der Waals surface area contributed by atoms with Crippen LogP contribution in [0.3, 0.4) is 0 Å². The summed E-state index contributed by atoms with van der Waals surface area (Å²) in [6.45, 7) is 6.57. The zero-order valence-electron chi connectivity index (χ0n) is 30.1. The number of fused-ring (bicyclic) bond motifs is 5. The maximum absolute atomic E-state index is 5.22. The summed E-state index contributed by atoms with van der Waals surface area (Å²) in [7, 11) is 0. The van der Waals surface area contributed by atoms with E-state index in [9.17, 15) is 0 Å². The quantitative estimate of drug-likeness (QED) is 0.157. The molecule has 0 aliphatic heterocycles. The highest BCUT2D eigenvalue weighted by Gasteiger charge is 2.23. The van der Waals surface area contributed by atoms with Gasteiger partial charge in [0.25, 0.3) is 0 Å². The van der Waals surface area contributed by atoms with Gasteiger partial charge in [0.2, 0.25) is 0 Å². The molecule has 0 unspecified atom stereocenters. The molecule has 0 saturated heterocycles. The minimum Gasteiger partial charge on any atom is -0.296 e. The van der Waals surface area contributed by atoms with Gasteiger partial charge in [0.15, 0.2) is 0 Å². The van der Waals surface area contributed by atoms with Crippen molar-refractivity contribution in [3.8, 4) is 28.2 Å². The molecule has 0 aliphatic carbocycles. The summed E-state index contributed by atoms with van der Waals surface area (Å²) < 4.78 is 7.09. The number of imidazole rings is 3. The lowest BCUT2D eigenvalue weighted by Gasteiger charge is -2.20. The van der Waals surface area contributed by atoms with Crippen LogP contribution in [0.25, 0.3) is 82.8 Å². The molecular weight excluding hydrogens is 649 g/mol. The second kappa shape index (κ2) is 12.3. The van der Waals surface area contributed by atoms with E-state index >= 15 is 0 Å². The Balaban J connectivity index is 1.40. The van der Waals surface area contributed by atoms with Gasteiger partial charge in [0.05, 0.1) is 44.5 Å². The predicted octanol–water partition coefficient (Wildman–Crippen LogP) is 11.4. The highest BCUT2D eigenvalue weighted by molar-refractivity contribution is 6.19. The lowest BCUT2D eigenvalue weighted by molar-refractivity contribution is 0.908. The summed E-state index contributed by atoms with van der Waals surface area (Å²) in [6.07, 6.45) is 2.44. The van der Waals surface area contributed by atoms with Crippen molar-refractivity contribution in [3.05, 3.63) is 157 Å². The number of benzene rings is 7. The molecule has 10 rings (SSSR count). The number of aromatic nitrogens is 6. The van der Waals surface area contributed by atoms with Crippen LogP contribution >= 0.6 is 0 Å². The van der Waals surface area contributed by atoms with E-state index in [1.54, 1.807) is 0 Å². The van der Waals surface area contributed by atoms with Crippen molar-refractivity contribution in [1.29, 1.82) is 0 Å². The molecule has 0 amide bonds. The van der Waals surface area contributed by atoms with E-state index < -0.39 is 0 Å². The minimum absolute atomic E-state index is 0.813. The molecule has 256 valence electrons. The maximum atomic E-state index is 5.22. The van der Waals surface area contributed by atoms with Crippen LogP contribution in [0.2, 0.25) is 0 Å². The summed E-state index contributed by atoms with van der Waals surface area (Å²) in [5, 5.41) is 4.71. The van der Waals surface area contributed by atoms with E-state index in [0.717, 1.165) is 92.5 Å². The molecule has 6 nitrogen and oxygen atoms in total. The van der Waals surface area contributed by atoms with Gasteiger partial charge in [-0.25, -0.2) is 15.0 Å². The molecule has 0 N–H and O–H groups in total. The fraction of sp³-hybridized carbons (Fsp3) is 0.128. The average Bonchev–Trinajstić information content (AvgIpc) is 3.91. The molecular formula is C47H38N6. The van der Waals surface area contributed by atoms with Crippen LogP contribution in [0.4, 0.5) is 0 Å². The summed E-state index contributed by atoms with van der Waals surface area (Å²) >= 11 is 0. The largest absolute Gasteiger partial charge is 0.296 e. The molecule has 0 atom stereocenters. The highest BCUT2D eigenvalue weighted by Crippen LogP contribution is 2.44. The Hall–Kier alpha value is -6.53. The van der Waals surface area contributed by atoms with Crippen LogP contribution in [0.5, 0.6) is 0 Å². The first-order valence-corrected chi connectivity index (χ1v) is 18.7. The van der Waals surface area contributed by atoms with Crippen LogP contribution in [0, 0.1) is 0 Å². The van der Waals surface area contributed by atoms with Crippen LogP contribution in [-0.2, 0) is 19.3 Å². The SMILES string of the molecule is CCc1nc2ccccc2n1-c1cccc2c(-c3cccc4nc(CC)n(-c5ccccc5)c34)c3cccc(-n4c(CC)nc5ccccc54)c3cc12. The summed E-state index contributed by atoms with van der Waals surface area (Å²) in [5.74, 6) is 3.12. The Kier molecular flexibility index (Phi) is 7.25. The third-order valence-electron chi connectivity index (χ3n) is 10.7. The third-order valence-corrected chi connectivity index (χ3v) is 10.7. The molecule has 3 heterocycles. The number of hydrogen-bond donors (Lipinski definition) is 0. The van der Waals surface area contributed by atoms with Gasteiger partial charge >= 0.3 is 0 Å². The van der Waals surface area contributed by atoms with Gasteiger partial charge in [0.1, 0.15) is 17.5 Å². The van der Waals surface area contributed by atoms with Gasteiger partial charge in [-0.15, -0.1) is 0 Å². The summed E-state index contributed by atoms with van der Waals surface area (Å²) in [6, 6.07) is 50.1. The summed E-state index contributed by atoms with van der Waals surface area (Å²) in [5.41, 5.74) is 12.0. The molecule has 10 aromatic rings. The molecule has 3 aromatic heterocycles. The van der Waals surface area contributed by atoms with Crippen molar-refractivity contribution in [3.63, 3.8) is 0 Å². The van der Waals surface area contributed by atoms with Crippen molar-refractivity contribution in [2.45, 2.75) is 40.0 Å². The van der Waals surface area contributed by atoms with Crippen molar-refractivity contribution in [2.75, 3.05) is 0 Å². The van der Waals surface area contributed by atoms with E-state index in [1.807, 2.05) is 0 Å². The molecule has 0 saturated carbocycles. The normalized spacial score (nSPS) is 11.9. The van der Waals surface area contributed by atoms with E-state index in [4.69, 9.17) is 15.0 Å². The van der Waals surface area contributed by atoms with Crippen LogP contribution in [0.15, 0.2) is 140 Å². The topological polar surface area (TPSA) is 53.5 Å². The van der Waals surface area contributed by atoms with Gasteiger partial charge in [-0.3, -0.25) is 13.7 Å². The number of nitrogens with zero attached hydrogens (tertiary/aromatic N) is 6. The minimum atomic E-state index is 0.813. The Bertz CT molecular complexity index is 2880. The monoisotopic (exact) mass is 686 g/mol. The van der Waals surface area contributed by atoms with Crippen molar-refractivity contribution >= 4 is 54.6 Å². The smallest absolute Gasteiger partial charge is 0.114 e. The second-order valence-electron chi connectivity index (χ2n) is 13.6. The first-order chi connectivity index (χ1) is 26.2. The summed E-state index contributed by atoms with van der Waals surface area (Å²) in [4.78, 5) is 15.4. The second-order valence-corrected chi connectivity index (χ2v) is 13.6. The Morgan fingerprint density at radius 3 is 1.45 bits per heavy atom. The van der Waals surface area contributed by atoms with Gasteiger partial charge in [-0.1, -0.05) is 99.6 Å². The number of para-hydroxylation sites is 6. The number of hydrogen-bond acceptors (Lipinski definition) is 3. The molecule has 53 heavy (non-hydrogen) atoms. The van der Waals surface area contributed by atoms with E-state index in [1.165, 1.54) is 27.1 Å². The molecule has 0 bridgehead atoms. The lowest BCUT2D eigenvalue weighted by atomic mass is 9.90. The fourth-order valence-corrected chi connectivity index (χ4v) is 8.45. The zero-order valence-corrected chi connectivity index (χ0v) is 30.1. The molecule has 0 fully saturated rings. The Morgan fingerprint density at radius 2 is 0.887 bits per heavy atom. The number of aryl methyl sites for hydroxylation is 3. The van der Waals surface area contributed by atoms with Gasteiger partial charge < -0.3 is 0 Å². The zero-order chi connectivity index (χ0) is 35.6. The third kappa shape index (κ3) is 4.68. The van der Waals surface area contributed by atoms with Crippen LogP contribution < -0.4 is 0 Å². The number of rotatable bonds is 7. The first kappa shape index (κ1) is 31.2. The van der Waals surface area contributed by atoms with E-state index in [-0.39, 0.29) is 0 Å². The standard InChI is InChI=1S/C47H38N6/c1-4-43-50-38-24-14-21-33(47(38)51(43)30-17-8-7-9-18-30)46-31-19-15-27-39(52-41-25-12-10-22-36(41)48-44(52)5-2)34(31)29-35-32(46)20-16-28-40(35)53-42-26-13-11-23-37(42)49-45(53)6-3/h7-29H,4-6H2,1-3H3. The van der Waals surface area contributed by atoms with Crippen LogP contribution in [0.1, 0.15) is 38.2 Å². The van der Waals surface area contributed by atoms with Gasteiger partial charge in [-0.05, 0) is 77.0 Å². The average molecular weight is 687 g/mol. The molecule has 0 radical (unpaired) electrons. The first-order valence-electron chi connectivity index (χ1n) is 18.7. The van der Waals surface area contributed by atoms with E-state index in [2.05, 4.69) is 174 Å². The van der Waals surface area contributed by atoms with Crippen molar-refractivity contribution in [2.24, 2.45) is 0 Å². The molecule has 0 aliphatic rings. The Labute approximate surface area is 307 Å². The molecule has 6 heteroatoms. The molecule has 0 spiro atoms. The Morgan fingerprint density at radius 1 is 0.415 bits per heavy atom. The predicted molar refractivity (Wildman–Crippen MR) is 219 cm³/mol. The van der Waals surface area contributed by atoms with Crippen LogP contribution in [-0.4, -0.2) is 28.7 Å². The highest BCUT2D eigenvalue weighted by atomic mass is 15.1. The van der Waals surface area contributed by atoms with Gasteiger partial charge in [0, 0.05) is 41.3 Å².